The number of hydrogen-bond acceptors (Lipinski definition) is 1. The quantitative estimate of drug-likeness (QED) is 0.174. The van der Waals surface area contributed by atoms with Crippen molar-refractivity contribution >= 4 is 75.8 Å². The van der Waals surface area contributed by atoms with Crippen LogP contribution in [0.4, 0.5) is 0 Å². The molecule has 0 saturated carbocycles. The van der Waals surface area contributed by atoms with Gasteiger partial charge in [0.05, 0.1) is 0 Å². The minimum Gasteiger partial charge on any atom is -0.455 e. The topological polar surface area (TPSA) is 13.1 Å². The molecule has 0 aliphatic heterocycles. The molecule has 1 heterocycles. The highest BCUT2D eigenvalue weighted by molar-refractivity contribution is 6.25. The minimum atomic E-state index is 0.915. The summed E-state index contributed by atoms with van der Waals surface area (Å²) in [5.74, 6) is 0. The van der Waals surface area contributed by atoms with Crippen LogP contribution >= 0.6 is 0 Å². The minimum absolute atomic E-state index is 0.915. The molecule has 0 saturated heterocycles. The monoisotopic (exact) mass is 646 g/mol. The second kappa shape index (κ2) is 10.9. The van der Waals surface area contributed by atoms with Gasteiger partial charge in [-0.05, 0) is 112 Å². The van der Waals surface area contributed by atoms with E-state index in [1.807, 2.05) is 0 Å². The zero-order valence-electron chi connectivity index (χ0n) is 27.7. The highest BCUT2D eigenvalue weighted by atomic mass is 16.3. The molecule has 0 aliphatic carbocycles. The Kier molecular flexibility index (Phi) is 6.02. The van der Waals surface area contributed by atoms with Crippen LogP contribution in [-0.4, -0.2) is 0 Å². The largest absolute Gasteiger partial charge is 0.455 e. The summed E-state index contributed by atoms with van der Waals surface area (Å²) in [7, 11) is 0. The second-order valence-corrected chi connectivity index (χ2v) is 13.6. The molecular weight excluding hydrogens is 617 g/mol. The van der Waals surface area contributed by atoms with E-state index in [9.17, 15) is 0 Å². The molecule has 0 spiro atoms. The first-order chi connectivity index (χ1) is 25.3. The van der Waals surface area contributed by atoms with Crippen molar-refractivity contribution in [3.05, 3.63) is 182 Å². The zero-order valence-corrected chi connectivity index (χ0v) is 27.7. The molecule has 11 rings (SSSR count). The second-order valence-electron chi connectivity index (χ2n) is 13.6. The summed E-state index contributed by atoms with van der Waals surface area (Å²) in [4.78, 5) is 0. The van der Waals surface area contributed by atoms with Crippen molar-refractivity contribution in [1.29, 1.82) is 0 Å². The molecule has 1 heteroatoms. The van der Waals surface area contributed by atoms with E-state index in [1.165, 1.54) is 81.5 Å². The summed E-state index contributed by atoms with van der Waals surface area (Å²) in [6, 6.07) is 66.3. The lowest BCUT2D eigenvalue weighted by Crippen LogP contribution is -1.91. The van der Waals surface area contributed by atoms with Gasteiger partial charge < -0.3 is 4.42 Å². The van der Waals surface area contributed by atoms with E-state index in [2.05, 4.69) is 182 Å². The van der Waals surface area contributed by atoms with Crippen LogP contribution in [-0.2, 0) is 0 Å². The molecule has 0 radical (unpaired) electrons. The maximum absolute atomic E-state index is 6.84. The van der Waals surface area contributed by atoms with Gasteiger partial charge in [0, 0.05) is 16.3 Å². The van der Waals surface area contributed by atoms with Crippen molar-refractivity contribution < 1.29 is 4.42 Å². The summed E-state index contributed by atoms with van der Waals surface area (Å²) in [5, 5.41) is 14.6. The Morgan fingerprint density at radius 2 is 0.804 bits per heavy atom. The third-order valence-corrected chi connectivity index (χ3v) is 10.8. The van der Waals surface area contributed by atoms with Gasteiger partial charge in [-0.1, -0.05) is 152 Å². The fourth-order valence-corrected chi connectivity index (χ4v) is 8.46. The summed E-state index contributed by atoms with van der Waals surface area (Å²) in [6.07, 6.45) is 0. The lowest BCUT2D eigenvalue weighted by molar-refractivity contribution is 0.671. The molecule has 1 aromatic heterocycles. The van der Waals surface area contributed by atoms with Gasteiger partial charge in [0.2, 0.25) is 0 Å². The predicted molar refractivity (Wildman–Crippen MR) is 218 cm³/mol. The summed E-state index contributed by atoms with van der Waals surface area (Å²) >= 11 is 0. The maximum atomic E-state index is 6.84. The molecular formula is C50H30O. The highest BCUT2D eigenvalue weighted by Crippen LogP contribution is 2.46. The molecule has 0 atom stereocenters. The van der Waals surface area contributed by atoms with E-state index in [0.717, 1.165) is 27.7 Å². The average Bonchev–Trinajstić information content (AvgIpc) is 3.57. The van der Waals surface area contributed by atoms with Crippen molar-refractivity contribution in [3.63, 3.8) is 0 Å². The lowest BCUT2D eigenvalue weighted by Gasteiger charge is -2.18. The standard InChI is InChI=1S/C50H30O/c1-2-13-32-26-38(25-24-31(32)12-1)48-42-22-9-7-20-40(42)47(41-21-8-10-23-43(41)48)37-18-11-17-35(27-37)44-29-36-16-5-6-19-39(36)49-45-28-33-14-3-4-15-34(33)30-46(45)51-50(44)49/h1-30H. The molecule has 0 aliphatic rings. The number of fused-ring (bicyclic) bond motifs is 9. The highest BCUT2D eigenvalue weighted by Gasteiger charge is 2.20. The number of furan rings is 1. The third kappa shape index (κ3) is 4.28. The smallest absolute Gasteiger partial charge is 0.143 e. The van der Waals surface area contributed by atoms with E-state index in [4.69, 9.17) is 4.42 Å². The van der Waals surface area contributed by atoms with Crippen LogP contribution in [0.1, 0.15) is 0 Å². The Morgan fingerprint density at radius 1 is 0.294 bits per heavy atom. The Hall–Kier alpha value is -6.70. The fourth-order valence-electron chi connectivity index (χ4n) is 8.46. The zero-order chi connectivity index (χ0) is 33.5. The van der Waals surface area contributed by atoms with Crippen molar-refractivity contribution in [2.24, 2.45) is 0 Å². The first kappa shape index (κ1) is 28.2. The summed E-state index contributed by atoms with van der Waals surface area (Å²) < 4.78 is 6.84. The van der Waals surface area contributed by atoms with Crippen molar-refractivity contribution in [3.8, 4) is 33.4 Å². The number of rotatable bonds is 3. The Morgan fingerprint density at radius 3 is 1.47 bits per heavy atom. The van der Waals surface area contributed by atoms with Gasteiger partial charge in [-0.3, -0.25) is 0 Å². The average molecular weight is 647 g/mol. The molecule has 0 amide bonds. The van der Waals surface area contributed by atoms with Crippen LogP contribution in [0.25, 0.3) is 109 Å². The number of hydrogen-bond donors (Lipinski definition) is 0. The van der Waals surface area contributed by atoms with Crippen molar-refractivity contribution in [1.82, 2.24) is 0 Å². The molecule has 10 aromatic carbocycles. The van der Waals surface area contributed by atoms with Gasteiger partial charge in [0.1, 0.15) is 11.2 Å². The van der Waals surface area contributed by atoms with E-state index in [-0.39, 0.29) is 0 Å². The van der Waals surface area contributed by atoms with Crippen LogP contribution in [0.3, 0.4) is 0 Å². The van der Waals surface area contributed by atoms with Gasteiger partial charge >= 0.3 is 0 Å². The van der Waals surface area contributed by atoms with E-state index in [1.54, 1.807) is 0 Å². The van der Waals surface area contributed by atoms with Crippen LogP contribution < -0.4 is 0 Å². The van der Waals surface area contributed by atoms with E-state index < -0.39 is 0 Å². The van der Waals surface area contributed by atoms with E-state index in [0.29, 0.717) is 0 Å². The van der Waals surface area contributed by atoms with Crippen molar-refractivity contribution in [2.75, 3.05) is 0 Å². The molecule has 0 unspecified atom stereocenters. The van der Waals surface area contributed by atoms with Gasteiger partial charge in [-0.15, -0.1) is 0 Å². The van der Waals surface area contributed by atoms with Crippen LogP contribution in [0.15, 0.2) is 186 Å². The molecule has 0 N–H and O–H groups in total. The van der Waals surface area contributed by atoms with Gasteiger partial charge in [-0.2, -0.15) is 0 Å². The first-order valence-electron chi connectivity index (χ1n) is 17.6. The Bertz CT molecular complexity index is 3140. The molecule has 236 valence electrons. The summed E-state index contributed by atoms with van der Waals surface area (Å²) in [5.41, 5.74) is 9.03. The van der Waals surface area contributed by atoms with Gasteiger partial charge in [-0.25, -0.2) is 0 Å². The maximum Gasteiger partial charge on any atom is 0.143 e. The lowest BCUT2D eigenvalue weighted by atomic mass is 9.85. The van der Waals surface area contributed by atoms with Crippen molar-refractivity contribution in [2.45, 2.75) is 0 Å². The first-order valence-corrected chi connectivity index (χ1v) is 17.6. The number of benzene rings is 10. The Balaban J connectivity index is 1.18. The molecule has 11 aromatic rings. The SMILES string of the molecule is c1cc(-c2c3ccccc3c(-c3ccc4ccccc4c3)c3ccccc23)cc(-c2cc3ccccc3c3c2oc2cc4ccccc4cc23)c1. The molecule has 1 nitrogen and oxygen atoms in total. The molecule has 51 heavy (non-hydrogen) atoms. The van der Waals surface area contributed by atoms with Gasteiger partial charge in [0.25, 0.3) is 0 Å². The summed E-state index contributed by atoms with van der Waals surface area (Å²) in [6.45, 7) is 0. The van der Waals surface area contributed by atoms with Crippen LogP contribution in [0.2, 0.25) is 0 Å². The third-order valence-electron chi connectivity index (χ3n) is 10.8. The Labute approximate surface area is 294 Å². The predicted octanol–water partition coefficient (Wildman–Crippen LogP) is 14.4. The fraction of sp³-hybridized carbons (Fsp3) is 0. The van der Waals surface area contributed by atoms with Crippen LogP contribution in [0, 0.1) is 0 Å². The normalized spacial score (nSPS) is 11.9. The van der Waals surface area contributed by atoms with Gasteiger partial charge in [0.15, 0.2) is 0 Å². The molecule has 0 bridgehead atoms. The van der Waals surface area contributed by atoms with Crippen LogP contribution in [0.5, 0.6) is 0 Å². The van der Waals surface area contributed by atoms with E-state index >= 15 is 0 Å². The molecule has 0 fully saturated rings.